The van der Waals surface area contributed by atoms with E-state index in [1.807, 2.05) is 24.3 Å². The van der Waals surface area contributed by atoms with Crippen molar-refractivity contribution in [1.82, 2.24) is 9.38 Å². The van der Waals surface area contributed by atoms with Gasteiger partial charge in [-0.05, 0) is 18.2 Å². The molecule has 96 valence electrons. The maximum absolute atomic E-state index is 6.15. The summed E-state index contributed by atoms with van der Waals surface area (Å²) in [5.41, 5.74) is 8.42. The Balaban J connectivity index is 2.28. The number of pyridine rings is 1. The van der Waals surface area contributed by atoms with Gasteiger partial charge in [-0.1, -0.05) is 23.7 Å². The number of aromatic nitrogens is 2. The summed E-state index contributed by atoms with van der Waals surface area (Å²) in [4.78, 5) is 4.53. The number of fused-ring (bicyclic) bond motifs is 1. The highest BCUT2D eigenvalue weighted by molar-refractivity contribution is 6.30. The molecule has 0 aliphatic heterocycles. The van der Waals surface area contributed by atoms with Crippen LogP contribution in [0.3, 0.4) is 0 Å². The molecular weight excluding hydrogens is 262 g/mol. The summed E-state index contributed by atoms with van der Waals surface area (Å²) < 4.78 is 7.14. The SMILES string of the molecule is COc1ccccc1-c1nc2cc(Cl)ccn2c1N. The highest BCUT2D eigenvalue weighted by atomic mass is 35.5. The number of anilines is 1. The monoisotopic (exact) mass is 273 g/mol. The maximum atomic E-state index is 6.15. The molecule has 0 aliphatic carbocycles. The van der Waals surface area contributed by atoms with Gasteiger partial charge >= 0.3 is 0 Å². The van der Waals surface area contributed by atoms with E-state index < -0.39 is 0 Å². The Labute approximate surface area is 115 Å². The highest BCUT2D eigenvalue weighted by Gasteiger charge is 2.14. The number of benzene rings is 1. The average Bonchev–Trinajstić information content (AvgIpc) is 2.75. The van der Waals surface area contributed by atoms with Crippen LogP contribution in [-0.2, 0) is 0 Å². The van der Waals surface area contributed by atoms with Crippen molar-refractivity contribution in [3.05, 3.63) is 47.6 Å². The van der Waals surface area contributed by atoms with Crippen molar-refractivity contribution in [2.24, 2.45) is 0 Å². The molecule has 0 saturated carbocycles. The fourth-order valence-corrected chi connectivity index (χ4v) is 2.23. The van der Waals surface area contributed by atoms with Crippen molar-refractivity contribution < 1.29 is 4.74 Å². The van der Waals surface area contributed by atoms with Crippen molar-refractivity contribution in [2.45, 2.75) is 0 Å². The van der Waals surface area contributed by atoms with E-state index in [9.17, 15) is 0 Å². The molecule has 0 atom stereocenters. The molecule has 5 heteroatoms. The molecule has 0 spiro atoms. The largest absolute Gasteiger partial charge is 0.496 e. The fraction of sp³-hybridized carbons (Fsp3) is 0.0714. The molecule has 2 aromatic heterocycles. The Hall–Kier alpha value is -2.20. The number of rotatable bonds is 2. The number of nitrogens with two attached hydrogens (primary N) is 1. The molecule has 19 heavy (non-hydrogen) atoms. The van der Waals surface area contributed by atoms with Gasteiger partial charge in [-0.2, -0.15) is 0 Å². The van der Waals surface area contributed by atoms with E-state index in [2.05, 4.69) is 4.98 Å². The van der Waals surface area contributed by atoms with Crippen LogP contribution in [-0.4, -0.2) is 16.5 Å². The lowest BCUT2D eigenvalue weighted by Crippen LogP contribution is -1.95. The number of nitrogens with zero attached hydrogens (tertiary/aromatic N) is 2. The molecule has 1 aromatic carbocycles. The Bertz CT molecular complexity index is 752. The van der Waals surface area contributed by atoms with Gasteiger partial charge in [-0.25, -0.2) is 4.98 Å². The number of methoxy groups -OCH3 is 1. The summed E-state index contributed by atoms with van der Waals surface area (Å²) in [6, 6.07) is 11.2. The van der Waals surface area contributed by atoms with E-state index in [-0.39, 0.29) is 0 Å². The lowest BCUT2D eigenvalue weighted by atomic mass is 10.1. The minimum Gasteiger partial charge on any atom is -0.496 e. The second-order valence-corrected chi connectivity index (χ2v) is 4.56. The number of para-hydroxylation sites is 1. The summed E-state index contributed by atoms with van der Waals surface area (Å²) >= 11 is 5.97. The number of imidazole rings is 1. The molecule has 2 heterocycles. The van der Waals surface area contributed by atoms with Crippen LogP contribution in [0.15, 0.2) is 42.6 Å². The normalized spacial score (nSPS) is 10.8. The van der Waals surface area contributed by atoms with E-state index in [4.69, 9.17) is 22.1 Å². The first kappa shape index (κ1) is 11.9. The van der Waals surface area contributed by atoms with Gasteiger partial charge in [-0.15, -0.1) is 0 Å². The Morgan fingerprint density at radius 2 is 2.05 bits per heavy atom. The van der Waals surface area contributed by atoms with E-state index >= 15 is 0 Å². The molecule has 0 fully saturated rings. The van der Waals surface area contributed by atoms with Crippen LogP contribution in [0, 0.1) is 0 Å². The number of halogens is 1. The first-order chi connectivity index (χ1) is 9.20. The molecule has 0 unspecified atom stereocenters. The van der Waals surface area contributed by atoms with Gasteiger partial charge in [0, 0.05) is 22.8 Å². The molecule has 2 N–H and O–H groups in total. The molecule has 0 saturated heterocycles. The zero-order chi connectivity index (χ0) is 13.4. The summed E-state index contributed by atoms with van der Waals surface area (Å²) in [7, 11) is 1.63. The molecular formula is C14H12ClN3O. The molecule has 3 aromatic rings. The van der Waals surface area contributed by atoms with Crippen LogP contribution in [0.2, 0.25) is 5.02 Å². The first-order valence-corrected chi connectivity index (χ1v) is 6.15. The second kappa shape index (κ2) is 4.48. The number of nitrogen functional groups attached to an aromatic ring is 1. The topological polar surface area (TPSA) is 52.5 Å². The van der Waals surface area contributed by atoms with Crippen LogP contribution in [0.5, 0.6) is 5.75 Å². The summed E-state index contributed by atoms with van der Waals surface area (Å²) in [5.74, 6) is 1.31. The van der Waals surface area contributed by atoms with Crippen molar-refractivity contribution in [3.8, 4) is 17.0 Å². The van der Waals surface area contributed by atoms with E-state index in [1.165, 1.54) is 0 Å². The van der Waals surface area contributed by atoms with Gasteiger partial charge < -0.3 is 10.5 Å². The average molecular weight is 274 g/mol. The fourth-order valence-electron chi connectivity index (χ4n) is 2.08. The smallest absolute Gasteiger partial charge is 0.140 e. The highest BCUT2D eigenvalue weighted by Crippen LogP contribution is 2.33. The van der Waals surface area contributed by atoms with Crippen molar-refractivity contribution in [1.29, 1.82) is 0 Å². The molecule has 0 radical (unpaired) electrons. The zero-order valence-electron chi connectivity index (χ0n) is 10.3. The van der Waals surface area contributed by atoms with Gasteiger partial charge in [0.1, 0.15) is 22.9 Å². The zero-order valence-corrected chi connectivity index (χ0v) is 11.1. The van der Waals surface area contributed by atoms with Gasteiger partial charge in [0.25, 0.3) is 0 Å². The third kappa shape index (κ3) is 1.90. The van der Waals surface area contributed by atoms with Crippen LogP contribution in [0.1, 0.15) is 0 Å². The third-order valence-corrected chi connectivity index (χ3v) is 3.22. The predicted octanol–water partition coefficient (Wildman–Crippen LogP) is 3.25. The molecule has 4 nitrogen and oxygen atoms in total. The lowest BCUT2D eigenvalue weighted by molar-refractivity contribution is 0.416. The van der Waals surface area contributed by atoms with Crippen LogP contribution in [0.25, 0.3) is 16.9 Å². The van der Waals surface area contributed by atoms with E-state index in [1.54, 1.807) is 29.8 Å². The number of ether oxygens (including phenoxy) is 1. The first-order valence-electron chi connectivity index (χ1n) is 5.77. The third-order valence-electron chi connectivity index (χ3n) is 2.99. The molecule has 0 bridgehead atoms. The molecule has 3 rings (SSSR count). The molecule has 0 aliphatic rings. The standard InChI is InChI=1S/C14H12ClN3O/c1-19-11-5-3-2-4-10(11)13-14(16)18-7-6-9(15)8-12(18)17-13/h2-8H,16H2,1H3. The minimum absolute atomic E-state index is 0.566. The Morgan fingerprint density at radius 3 is 2.84 bits per heavy atom. The summed E-state index contributed by atoms with van der Waals surface area (Å²) in [6.45, 7) is 0. The van der Waals surface area contributed by atoms with Crippen molar-refractivity contribution in [2.75, 3.05) is 12.8 Å². The molecule has 0 amide bonds. The maximum Gasteiger partial charge on any atom is 0.140 e. The van der Waals surface area contributed by atoms with E-state index in [0.29, 0.717) is 22.2 Å². The van der Waals surface area contributed by atoms with Crippen LogP contribution in [0.4, 0.5) is 5.82 Å². The van der Waals surface area contributed by atoms with Crippen molar-refractivity contribution >= 4 is 23.1 Å². The number of hydrogen-bond donors (Lipinski definition) is 1. The van der Waals surface area contributed by atoms with Gasteiger partial charge in [0.2, 0.25) is 0 Å². The van der Waals surface area contributed by atoms with Crippen LogP contribution < -0.4 is 10.5 Å². The van der Waals surface area contributed by atoms with Crippen molar-refractivity contribution in [3.63, 3.8) is 0 Å². The van der Waals surface area contributed by atoms with Gasteiger partial charge in [0.05, 0.1) is 7.11 Å². The summed E-state index contributed by atoms with van der Waals surface area (Å²) in [5, 5.41) is 0.629. The Kier molecular flexibility index (Phi) is 2.80. The van der Waals surface area contributed by atoms with Crippen LogP contribution >= 0.6 is 11.6 Å². The second-order valence-electron chi connectivity index (χ2n) is 4.12. The van der Waals surface area contributed by atoms with Gasteiger partial charge in [-0.3, -0.25) is 4.40 Å². The lowest BCUT2D eigenvalue weighted by Gasteiger charge is -2.06. The Morgan fingerprint density at radius 1 is 1.26 bits per heavy atom. The number of hydrogen-bond acceptors (Lipinski definition) is 3. The van der Waals surface area contributed by atoms with Gasteiger partial charge in [0.15, 0.2) is 0 Å². The predicted molar refractivity (Wildman–Crippen MR) is 76.6 cm³/mol. The van der Waals surface area contributed by atoms with E-state index in [0.717, 1.165) is 11.3 Å². The summed E-state index contributed by atoms with van der Waals surface area (Å²) in [6.07, 6.45) is 1.80. The quantitative estimate of drug-likeness (QED) is 0.780. The minimum atomic E-state index is 0.566.